The summed E-state index contributed by atoms with van der Waals surface area (Å²) in [6.45, 7) is 2.00. The Morgan fingerprint density at radius 3 is 2.40 bits per heavy atom. The highest BCUT2D eigenvalue weighted by Crippen LogP contribution is 2.42. The number of rotatable bonds is 10. The van der Waals surface area contributed by atoms with E-state index in [9.17, 15) is 17.4 Å². The number of carbonyl (C=O) groups is 1. The minimum atomic E-state index is -4.47. The molecule has 0 radical (unpaired) electrons. The lowest BCUT2D eigenvalue weighted by molar-refractivity contribution is -0.128. The van der Waals surface area contributed by atoms with Gasteiger partial charge in [-0.3, -0.25) is 14.2 Å². The molecule has 4 N–H and O–H groups in total. The van der Waals surface area contributed by atoms with Gasteiger partial charge in [0.05, 0.1) is 15.7 Å². The molecule has 1 aromatic rings. The number of carbonyl (C=O) groups excluding carboxylic acids is 1. The predicted molar refractivity (Wildman–Crippen MR) is 95.3 cm³/mol. The highest BCUT2D eigenvalue weighted by atomic mass is 35.5. The Bertz CT molecular complexity index is 737. The average Bonchev–Trinajstić information content (AvgIpc) is 2.88. The summed E-state index contributed by atoms with van der Waals surface area (Å²) < 4.78 is 36.3. The smallest absolute Gasteiger partial charge is 0.265 e. The lowest BCUT2D eigenvalue weighted by atomic mass is 10.1. The van der Waals surface area contributed by atoms with Crippen LogP contribution in [0, 0.1) is 0 Å². The third-order valence-electron chi connectivity index (χ3n) is 3.31. The first-order valence-electron chi connectivity index (χ1n) is 7.19. The fourth-order valence-electron chi connectivity index (χ4n) is 2.10. The standard InChI is InChI=1S/C12H18Cl2N2O6S3/c1-2-3-4-5-6-7(12(17)15-18)24(20)8-9(25(21,22)16-19)11(14)23-10(8)13/h7,16,18-19H,2-6H2,1H3,(H,15,17). The molecular weight excluding hydrogens is 435 g/mol. The minimum Gasteiger partial charge on any atom is -0.302 e. The Balaban J connectivity index is 3.27. The maximum Gasteiger partial charge on any atom is 0.265 e. The van der Waals surface area contributed by atoms with Crippen molar-refractivity contribution in [3.05, 3.63) is 8.67 Å². The van der Waals surface area contributed by atoms with Gasteiger partial charge in [0.1, 0.15) is 18.8 Å². The zero-order chi connectivity index (χ0) is 19.2. The van der Waals surface area contributed by atoms with Gasteiger partial charge in [-0.1, -0.05) is 60.7 Å². The first-order valence-corrected chi connectivity index (χ1v) is 11.5. The molecule has 8 nitrogen and oxygen atoms in total. The number of amides is 1. The highest BCUT2D eigenvalue weighted by molar-refractivity contribution is 7.91. The van der Waals surface area contributed by atoms with Crippen LogP contribution >= 0.6 is 34.5 Å². The van der Waals surface area contributed by atoms with Gasteiger partial charge in [-0.2, -0.15) is 0 Å². The fourth-order valence-corrected chi connectivity index (χ4v) is 7.60. The molecule has 0 fully saturated rings. The van der Waals surface area contributed by atoms with Gasteiger partial charge in [-0.15, -0.1) is 11.3 Å². The molecule has 1 amide bonds. The van der Waals surface area contributed by atoms with Gasteiger partial charge in [0.15, 0.2) is 0 Å². The van der Waals surface area contributed by atoms with Crippen molar-refractivity contribution in [3.63, 3.8) is 0 Å². The van der Waals surface area contributed by atoms with Crippen molar-refractivity contribution < 1.29 is 27.8 Å². The number of hydroxylamine groups is 1. The first-order chi connectivity index (χ1) is 11.7. The zero-order valence-corrected chi connectivity index (χ0v) is 17.1. The van der Waals surface area contributed by atoms with Crippen molar-refractivity contribution in [3.8, 4) is 0 Å². The number of unbranched alkanes of at least 4 members (excludes halogenated alkanes) is 3. The number of thiophene rings is 1. The summed E-state index contributed by atoms with van der Waals surface area (Å²) in [6, 6.07) is 0. The summed E-state index contributed by atoms with van der Waals surface area (Å²) in [4.78, 5) is 12.0. The normalized spacial score (nSPS) is 14.3. The summed E-state index contributed by atoms with van der Waals surface area (Å²) in [5.74, 6) is -0.923. The third kappa shape index (κ3) is 5.60. The van der Waals surface area contributed by atoms with Gasteiger partial charge in [-0.05, 0) is 6.42 Å². The second-order valence-corrected chi connectivity index (χ2v) is 10.4. The quantitative estimate of drug-likeness (QED) is 0.245. The molecule has 0 aromatic carbocycles. The minimum absolute atomic E-state index is 0.148. The Kier molecular flexibility index (Phi) is 9.26. The molecule has 0 saturated heterocycles. The van der Waals surface area contributed by atoms with E-state index in [0.29, 0.717) is 17.8 Å². The molecule has 1 aromatic heterocycles. The van der Waals surface area contributed by atoms with Gasteiger partial charge < -0.3 is 5.21 Å². The van der Waals surface area contributed by atoms with Crippen LogP contribution in [0.3, 0.4) is 0 Å². The molecule has 0 saturated carbocycles. The van der Waals surface area contributed by atoms with Gasteiger partial charge in [0, 0.05) is 0 Å². The largest absolute Gasteiger partial charge is 0.302 e. The molecule has 13 heteroatoms. The lowest BCUT2D eigenvalue weighted by Crippen LogP contribution is -2.36. The molecule has 2 atom stereocenters. The number of hydrogen-bond acceptors (Lipinski definition) is 7. The summed E-state index contributed by atoms with van der Waals surface area (Å²) in [5.41, 5.74) is 1.44. The van der Waals surface area contributed by atoms with Gasteiger partial charge in [0.25, 0.3) is 15.9 Å². The van der Waals surface area contributed by atoms with Gasteiger partial charge in [-0.25, -0.2) is 13.9 Å². The second kappa shape index (κ2) is 10.2. The van der Waals surface area contributed by atoms with E-state index in [1.54, 1.807) is 0 Å². The third-order valence-corrected chi connectivity index (χ3v) is 8.50. The van der Waals surface area contributed by atoms with E-state index in [1.165, 1.54) is 5.48 Å². The summed E-state index contributed by atoms with van der Waals surface area (Å²) in [5, 5.41) is 16.5. The predicted octanol–water partition coefficient (Wildman–Crippen LogP) is 2.67. The molecular formula is C12H18Cl2N2O6S3. The van der Waals surface area contributed by atoms with E-state index in [-0.39, 0.29) is 20.0 Å². The maximum absolute atomic E-state index is 12.9. The Hall–Kier alpha value is -0.270. The Labute approximate surface area is 161 Å². The van der Waals surface area contributed by atoms with Crippen LogP contribution in [0.1, 0.15) is 39.0 Å². The van der Waals surface area contributed by atoms with Crippen molar-refractivity contribution in [1.82, 2.24) is 10.4 Å². The Morgan fingerprint density at radius 1 is 1.24 bits per heavy atom. The van der Waals surface area contributed by atoms with E-state index in [2.05, 4.69) is 0 Å². The van der Waals surface area contributed by atoms with Crippen LogP contribution in [0.2, 0.25) is 8.67 Å². The van der Waals surface area contributed by atoms with Crippen molar-refractivity contribution in [2.45, 2.75) is 54.1 Å². The molecule has 0 aliphatic rings. The van der Waals surface area contributed by atoms with Crippen molar-refractivity contribution in [1.29, 1.82) is 0 Å². The van der Waals surface area contributed by atoms with Crippen LogP contribution in [0.4, 0.5) is 0 Å². The van der Waals surface area contributed by atoms with Crippen LogP contribution in [0.15, 0.2) is 9.79 Å². The maximum atomic E-state index is 12.9. The fraction of sp³-hybridized carbons (Fsp3) is 0.583. The highest BCUT2D eigenvalue weighted by Gasteiger charge is 2.35. The Morgan fingerprint density at radius 2 is 1.88 bits per heavy atom. The van der Waals surface area contributed by atoms with Crippen LogP contribution in [-0.2, 0) is 25.6 Å². The van der Waals surface area contributed by atoms with E-state index in [0.717, 1.165) is 24.1 Å². The number of halogens is 2. The summed E-state index contributed by atoms with van der Waals surface area (Å²) in [7, 11) is -6.68. The molecule has 25 heavy (non-hydrogen) atoms. The number of sulfonamides is 1. The molecule has 0 spiro atoms. The lowest BCUT2D eigenvalue weighted by Gasteiger charge is -2.15. The molecule has 1 heterocycles. The summed E-state index contributed by atoms with van der Waals surface area (Å²) in [6.07, 6.45) is 3.35. The monoisotopic (exact) mass is 452 g/mol. The molecule has 1 rings (SSSR count). The van der Waals surface area contributed by atoms with Gasteiger partial charge >= 0.3 is 0 Å². The van der Waals surface area contributed by atoms with E-state index in [1.807, 2.05) is 6.92 Å². The SMILES string of the molecule is CCCCCCC(C(=O)NO)S(=O)c1c(Cl)sc(Cl)c1S(=O)(=O)NO. The van der Waals surface area contributed by atoms with E-state index < -0.39 is 36.9 Å². The van der Waals surface area contributed by atoms with Crippen LogP contribution in [-0.4, -0.2) is 34.2 Å². The van der Waals surface area contributed by atoms with Crippen LogP contribution in [0.25, 0.3) is 0 Å². The topological polar surface area (TPSA) is 133 Å². The molecule has 2 unspecified atom stereocenters. The van der Waals surface area contributed by atoms with Crippen LogP contribution < -0.4 is 10.4 Å². The molecule has 0 aliphatic heterocycles. The van der Waals surface area contributed by atoms with Crippen molar-refractivity contribution in [2.75, 3.05) is 0 Å². The van der Waals surface area contributed by atoms with Crippen molar-refractivity contribution in [2.24, 2.45) is 0 Å². The molecule has 0 bridgehead atoms. The average molecular weight is 453 g/mol. The number of hydrogen-bond donors (Lipinski definition) is 4. The first kappa shape index (κ1) is 22.8. The zero-order valence-electron chi connectivity index (χ0n) is 13.1. The second-order valence-electron chi connectivity index (χ2n) is 5.01. The number of nitrogens with one attached hydrogen (secondary N) is 2. The summed E-state index contributed by atoms with van der Waals surface area (Å²) >= 11 is 12.4. The van der Waals surface area contributed by atoms with Gasteiger partial charge in [0.2, 0.25) is 0 Å². The molecule has 144 valence electrons. The van der Waals surface area contributed by atoms with Crippen LogP contribution in [0.5, 0.6) is 0 Å². The van der Waals surface area contributed by atoms with E-state index in [4.69, 9.17) is 33.6 Å². The molecule has 0 aliphatic carbocycles. The van der Waals surface area contributed by atoms with Crippen molar-refractivity contribution >= 4 is 61.3 Å². The van der Waals surface area contributed by atoms with E-state index >= 15 is 0 Å².